The lowest BCUT2D eigenvalue weighted by Gasteiger charge is -2.10. The van der Waals surface area contributed by atoms with Crippen LogP contribution in [0.3, 0.4) is 0 Å². The molecule has 0 amide bonds. The maximum absolute atomic E-state index is 6.01. The Kier molecular flexibility index (Phi) is 4.50. The highest BCUT2D eigenvalue weighted by Crippen LogP contribution is 2.16. The molecule has 2 rings (SSSR count). The van der Waals surface area contributed by atoms with E-state index in [4.69, 9.17) is 21.9 Å². The Balaban J connectivity index is 2.04. The zero-order chi connectivity index (χ0) is 13.8. The normalized spacial score (nSPS) is 12.9. The predicted molar refractivity (Wildman–Crippen MR) is 73.7 cm³/mol. The Hall–Kier alpha value is -1.46. The van der Waals surface area contributed by atoms with E-state index in [1.807, 2.05) is 0 Å². The molecular formula is C13H17ClN4O. The van der Waals surface area contributed by atoms with Gasteiger partial charge in [0.1, 0.15) is 5.69 Å². The first kappa shape index (κ1) is 14.0. The van der Waals surface area contributed by atoms with Crippen LogP contribution in [0.25, 0.3) is 11.5 Å². The molecule has 0 fully saturated rings. The second-order valence-electron chi connectivity index (χ2n) is 4.97. The van der Waals surface area contributed by atoms with Crippen LogP contribution in [0.5, 0.6) is 0 Å². The lowest BCUT2D eigenvalue weighted by molar-refractivity contribution is 0.359. The van der Waals surface area contributed by atoms with Gasteiger partial charge in [0.2, 0.25) is 11.7 Å². The molecule has 2 aromatic heterocycles. The van der Waals surface area contributed by atoms with Crippen LogP contribution < -0.4 is 5.73 Å². The van der Waals surface area contributed by atoms with E-state index in [1.54, 1.807) is 18.3 Å². The first-order valence-electron chi connectivity index (χ1n) is 6.24. The third-order valence-corrected chi connectivity index (χ3v) is 2.86. The molecule has 0 bridgehead atoms. The Morgan fingerprint density at radius 1 is 1.37 bits per heavy atom. The Bertz CT molecular complexity index is 524. The van der Waals surface area contributed by atoms with E-state index in [2.05, 4.69) is 29.0 Å². The molecular weight excluding hydrogens is 264 g/mol. The molecule has 102 valence electrons. The van der Waals surface area contributed by atoms with Gasteiger partial charge in [0.05, 0.1) is 5.02 Å². The van der Waals surface area contributed by atoms with Gasteiger partial charge in [-0.2, -0.15) is 4.98 Å². The van der Waals surface area contributed by atoms with Crippen LogP contribution in [0.1, 0.15) is 26.2 Å². The largest absolute Gasteiger partial charge is 0.339 e. The Morgan fingerprint density at radius 3 is 2.79 bits per heavy atom. The predicted octanol–water partition coefficient (Wildman–Crippen LogP) is 2.70. The molecule has 0 saturated heterocycles. The van der Waals surface area contributed by atoms with Crippen molar-refractivity contribution in [3.63, 3.8) is 0 Å². The number of pyridine rings is 1. The van der Waals surface area contributed by atoms with Crippen molar-refractivity contribution in [1.29, 1.82) is 0 Å². The molecule has 0 aromatic carbocycles. The zero-order valence-corrected chi connectivity index (χ0v) is 11.8. The van der Waals surface area contributed by atoms with Crippen molar-refractivity contribution in [2.75, 3.05) is 0 Å². The van der Waals surface area contributed by atoms with Crippen molar-refractivity contribution in [1.82, 2.24) is 15.1 Å². The van der Waals surface area contributed by atoms with Gasteiger partial charge in [-0.05, 0) is 24.5 Å². The topological polar surface area (TPSA) is 77.8 Å². The monoisotopic (exact) mass is 280 g/mol. The molecule has 0 aliphatic carbocycles. The van der Waals surface area contributed by atoms with E-state index in [0.717, 1.165) is 6.42 Å². The molecule has 5 nitrogen and oxygen atoms in total. The molecule has 6 heteroatoms. The van der Waals surface area contributed by atoms with Crippen molar-refractivity contribution >= 4 is 11.6 Å². The second kappa shape index (κ2) is 6.12. The van der Waals surface area contributed by atoms with Crippen molar-refractivity contribution in [3.05, 3.63) is 29.2 Å². The minimum atomic E-state index is 0.0338. The van der Waals surface area contributed by atoms with Gasteiger partial charge in [-0.25, -0.2) is 0 Å². The summed E-state index contributed by atoms with van der Waals surface area (Å²) in [6, 6.07) is 3.53. The Morgan fingerprint density at radius 2 is 2.16 bits per heavy atom. The summed E-state index contributed by atoms with van der Waals surface area (Å²) in [5.41, 5.74) is 6.65. The summed E-state index contributed by atoms with van der Waals surface area (Å²) >= 11 is 5.78. The minimum absolute atomic E-state index is 0.0338. The van der Waals surface area contributed by atoms with Gasteiger partial charge in [0, 0.05) is 18.7 Å². The minimum Gasteiger partial charge on any atom is -0.339 e. The summed E-state index contributed by atoms with van der Waals surface area (Å²) in [7, 11) is 0. The highest BCUT2D eigenvalue weighted by molar-refractivity contribution is 6.30. The van der Waals surface area contributed by atoms with Gasteiger partial charge in [-0.15, -0.1) is 0 Å². The van der Waals surface area contributed by atoms with Crippen LogP contribution >= 0.6 is 11.6 Å². The third kappa shape index (κ3) is 4.01. The average molecular weight is 281 g/mol. The molecule has 0 spiro atoms. The van der Waals surface area contributed by atoms with E-state index < -0.39 is 0 Å². The van der Waals surface area contributed by atoms with Crippen LogP contribution in [-0.4, -0.2) is 21.2 Å². The van der Waals surface area contributed by atoms with Crippen LogP contribution in [0.2, 0.25) is 5.02 Å². The quantitative estimate of drug-likeness (QED) is 0.911. The summed E-state index contributed by atoms with van der Waals surface area (Å²) in [6.45, 7) is 4.27. The number of halogens is 1. The molecule has 0 saturated carbocycles. The van der Waals surface area contributed by atoms with Gasteiger partial charge in [-0.1, -0.05) is 30.6 Å². The van der Waals surface area contributed by atoms with Crippen molar-refractivity contribution in [2.24, 2.45) is 11.7 Å². The molecule has 1 atom stereocenters. The summed E-state index contributed by atoms with van der Waals surface area (Å²) in [5.74, 6) is 1.55. The number of nitrogens with zero attached hydrogens (tertiary/aromatic N) is 3. The van der Waals surface area contributed by atoms with Gasteiger partial charge < -0.3 is 10.3 Å². The number of aromatic nitrogens is 3. The number of rotatable bonds is 5. The highest BCUT2D eigenvalue weighted by Gasteiger charge is 2.14. The third-order valence-electron chi connectivity index (χ3n) is 2.64. The number of hydrogen-bond donors (Lipinski definition) is 1. The van der Waals surface area contributed by atoms with Crippen LogP contribution in [-0.2, 0) is 6.42 Å². The summed E-state index contributed by atoms with van der Waals surface area (Å²) < 4.78 is 5.19. The van der Waals surface area contributed by atoms with Crippen molar-refractivity contribution in [2.45, 2.75) is 32.7 Å². The lowest BCUT2D eigenvalue weighted by Crippen LogP contribution is -2.24. The van der Waals surface area contributed by atoms with E-state index >= 15 is 0 Å². The van der Waals surface area contributed by atoms with E-state index in [0.29, 0.717) is 34.8 Å². The molecule has 0 radical (unpaired) electrons. The fourth-order valence-electron chi connectivity index (χ4n) is 1.86. The molecule has 0 aliphatic rings. The Labute approximate surface area is 117 Å². The van der Waals surface area contributed by atoms with Gasteiger partial charge in [-0.3, -0.25) is 4.98 Å². The summed E-state index contributed by atoms with van der Waals surface area (Å²) in [4.78, 5) is 8.44. The van der Waals surface area contributed by atoms with Gasteiger partial charge in [0.15, 0.2) is 0 Å². The fraction of sp³-hybridized carbons (Fsp3) is 0.462. The molecule has 19 heavy (non-hydrogen) atoms. The fourth-order valence-corrected chi connectivity index (χ4v) is 1.97. The van der Waals surface area contributed by atoms with Gasteiger partial charge in [0.25, 0.3) is 0 Å². The van der Waals surface area contributed by atoms with Crippen molar-refractivity contribution < 1.29 is 4.52 Å². The van der Waals surface area contributed by atoms with Crippen molar-refractivity contribution in [3.8, 4) is 11.5 Å². The summed E-state index contributed by atoms with van der Waals surface area (Å²) in [6.07, 6.45) is 3.06. The SMILES string of the molecule is CC(C)CC(N)Cc1nc(-c2ccc(Cl)cn2)no1. The zero-order valence-electron chi connectivity index (χ0n) is 11.0. The first-order chi connectivity index (χ1) is 9.04. The van der Waals surface area contributed by atoms with Crippen LogP contribution in [0, 0.1) is 5.92 Å². The lowest BCUT2D eigenvalue weighted by atomic mass is 10.0. The maximum atomic E-state index is 6.01. The molecule has 2 aromatic rings. The first-order valence-corrected chi connectivity index (χ1v) is 6.62. The average Bonchev–Trinajstić information content (AvgIpc) is 2.77. The second-order valence-corrected chi connectivity index (χ2v) is 5.40. The molecule has 2 heterocycles. The van der Waals surface area contributed by atoms with Gasteiger partial charge >= 0.3 is 0 Å². The van der Waals surface area contributed by atoms with E-state index in [-0.39, 0.29) is 6.04 Å². The number of hydrogen-bond acceptors (Lipinski definition) is 5. The molecule has 1 unspecified atom stereocenters. The molecule has 2 N–H and O–H groups in total. The van der Waals surface area contributed by atoms with Crippen LogP contribution in [0.15, 0.2) is 22.9 Å². The highest BCUT2D eigenvalue weighted by atomic mass is 35.5. The number of nitrogens with two attached hydrogens (primary N) is 1. The maximum Gasteiger partial charge on any atom is 0.228 e. The summed E-state index contributed by atoms with van der Waals surface area (Å²) in [5, 5.41) is 4.48. The van der Waals surface area contributed by atoms with E-state index in [9.17, 15) is 0 Å². The smallest absolute Gasteiger partial charge is 0.228 e. The standard InChI is InChI=1S/C13H17ClN4O/c1-8(2)5-10(15)6-12-17-13(18-19-12)11-4-3-9(14)7-16-11/h3-4,7-8,10H,5-6,15H2,1-2H3. The van der Waals surface area contributed by atoms with E-state index in [1.165, 1.54) is 0 Å². The molecule has 0 aliphatic heterocycles. The van der Waals surface area contributed by atoms with Crippen LogP contribution in [0.4, 0.5) is 0 Å².